The zero-order valence-corrected chi connectivity index (χ0v) is 13.7. The molecule has 0 atom stereocenters. The summed E-state index contributed by atoms with van der Waals surface area (Å²) < 4.78 is 2.29. The van der Waals surface area contributed by atoms with Gasteiger partial charge in [0.05, 0.1) is 0 Å². The predicted octanol–water partition coefficient (Wildman–Crippen LogP) is 1.13. The van der Waals surface area contributed by atoms with Crippen LogP contribution < -0.4 is 6.14 Å². The quantitative estimate of drug-likeness (QED) is 0.600. The maximum absolute atomic E-state index is 9.66. The van der Waals surface area contributed by atoms with Crippen molar-refractivity contribution in [2.24, 2.45) is 0 Å². The number of benzene rings is 2. The first-order valence-electron chi connectivity index (χ1n) is 4.81. The Morgan fingerprint density at radius 1 is 0.800 bits per heavy atom. The van der Waals surface area contributed by atoms with Crippen molar-refractivity contribution in [3.63, 3.8) is 0 Å². The number of para-hydroxylation sites is 1. The van der Waals surface area contributed by atoms with Gasteiger partial charge in [0.15, 0.2) is 0 Å². The van der Waals surface area contributed by atoms with Crippen molar-refractivity contribution in [3.8, 4) is 11.5 Å². The average Bonchev–Trinajstić information content (AvgIpc) is 2.26. The molecule has 0 aliphatic heterocycles. The summed E-state index contributed by atoms with van der Waals surface area (Å²) in [5.74, 6) is 0.0615. The number of phenolic OH excluding ortho intramolecular Hbond substituents is 2. The van der Waals surface area contributed by atoms with Crippen molar-refractivity contribution in [3.05, 3.63) is 48.5 Å². The Labute approximate surface area is 101 Å². The van der Waals surface area contributed by atoms with Crippen LogP contribution in [-0.2, 0) is 24.6 Å². The third-order valence-electron chi connectivity index (χ3n) is 2.34. The molecule has 2 N–H and O–H groups in total. The van der Waals surface area contributed by atoms with E-state index in [1.165, 1.54) is 9.14 Å². The van der Waals surface area contributed by atoms with E-state index < -0.39 is 24.6 Å². The SMILES string of the molecule is Oc1ccc[c]([Hg][c]2ccccc2)c1O. The summed E-state index contributed by atoms with van der Waals surface area (Å²) in [6.07, 6.45) is 0. The molecule has 0 aliphatic rings. The fourth-order valence-corrected chi connectivity index (χ4v) is 7.56. The second kappa shape index (κ2) is 4.66. The van der Waals surface area contributed by atoms with Gasteiger partial charge in [-0.3, -0.25) is 0 Å². The molecule has 0 aliphatic carbocycles. The molecule has 0 radical (unpaired) electrons. The van der Waals surface area contributed by atoms with E-state index in [1.807, 2.05) is 24.3 Å². The Hall–Kier alpha value is -1.02. The van der Waals surface area contributed by atoms with Gasteiger partial charge in [-0.25, -0.2) is 0 Å². The fraction of sp³-hybridized carbons (Fsp3) is 0. The standard InChI is InChI=1S/C6H5O2.C6H5.Hg/c7-5-3-1-2-4-6(5)8;1-2-4-6-5-3-1;/h1-3,7-8H;1-5H;. The van der Waals surface area contributed by atoms with E-state index in [0.29, 0.717) is 0 Å². The van der Waals surface area contributed by atoms with Crippen molar-refractivity contribution >= 4 is 6.14 Å². The Morgan fingerprint density at radius 2 is 1.53 bits per heavy atom. The first-order valence-corrected chi connectivity index (χ1v) is 10.3. The minimum atomic E-state index is -1.49. The summed E-state index contributed by atoms with van der Waals surface area (Å²) in [5.41, 5.74) is 0. The number of rotatable bonds is 2. The van der Waals surface area contributed by atoms with Crippen LogP contribution in [0.2, 0.25) is 0 Å². The molecule has 2 aromatic rings. The van der Waals surface area contributed by atoms with Gasteiger partial charge in [0.1, 0.15) is 0 Å². The molecule has 3 heteroatoms. The number of hydrogen-bond acceptors (Lipinski definition) is 2. The van der Waals surface area contributed by atoms with E-state index in [2.05, 4.69) is 12.1 Å². The summed E-state index contributed by atoms with van der Waals surface area (Å²) in [6.45, 7) is 0. The molecule has 0 bridgehead atoms. The molecular weight excluding hydrogens is 377 g/mol. The van der Waals surface area contributed by atoms with E-state index in [1.54, 1.807) is 6.07 Å². The molecule has 0 amide bonds. The summed E-state index contributed by atoms with van der Waals surface area (Å²) in [6, 6.07) is 15.4. The van der Waals surface area contributed by atoms with Gasteiger partial charge in [-0.2, -0.15) is 0 Å². The summed E-state index contributed by atoms with van der Waals surface area (Å²) in [4.78, 5) is 0. The third-order valence-corrected chi connectivity index (χ3v) is 9.45. The first kappa shape index (κ1) is 10.5. The van der Waals surface area contributed by atoms with Gasteiger partial charge in [-0.05, 0) is 0 Å². The molecule has 0 fully saturated rings. The molecule has 0 aromatic heterocycles. The van der Waals surface area contributed by atoms with Crippen LogP contribution in [0, 0.1) is 0 Å². The van der Waals surface area contributed by atoms with Crippen LogP contribution in [-0.4, -0.2) is 10.2 Å². The van der Waals surface area contributed by atoms with Crippen molar-refractivity contribution in [1.82, 2.24) is 0 Å². The average molecular weight is 387 g/mol. The van der Waals surface area contributed by atoms with Crippen LogP contribution in [0.25, 0.3) is 0 Å². The molecule has 0 saturated carbocycles. The molecule has 0 unspecified atom stereocenters. The molecule has 0 saturated heterocycles. The van der Waals surface area contributed by atoms with Crippen LogP contribution in [0.4, 0.5) is 0 Å². The van der Waals surface area contributed by atoms with Crippen molar-refractivity contribution in [1.29, 1.82) is 0 Å². The zero-order valence-electron chi connectivity index (χ0n) is 8.22. The van der Waals surface area contributed by atoms with Gasteiger partial charge in [0.25, 0.3) is 0 Å². The van der Waals surface area contributed by atoms with E-state index in [4.69, 9.17) is 0 Å². The fourth-order valence-electron chi connectivity index (χ4n) is 1.54. The van der Waals surface area contributed by atoms with Gasteiger partial charge in [-0.15, -0.1) is 0 Å². The molecular formula is C12H10HgO2. The molecule has 2 aromatic carbocycles. The Kier molecular flexibility index (Phi) is 3.26. The van der Waals surface area contributed by atoms with Gasteiger partial charge < -0.3 is 0 Å². The normalized spacial score (nSPS) is 9.60. The second-order valence-electron chi connectivity index (χ2n) is 3.45. The van der Waals surface area contributed by atoms with Gasteiger partial charge in [-0.1, -0.05) is 0 Å². The van der Waals surface area contributed by atoms with E-state index in [0.717, 1.165) is 3.07 Å². The summed E-state index contributed by atoms with van der Waals surface area (Å²) in [7, 11) is 0. The molecule has 0 heterocycles. The Bertz CT molecular complexity index is 454. The Balaban J connectivity index is 2.29. The van der Waals surface area contributed by atoms with Crippen LogP contribution in [0.5, 0.6) is 11.5 Å². The van der Waals surface area contributed by atoms with Crippen LogP contribution in [0.15, 0.2) is 48.5 Å². The van der Waals surface area contributed by atoms with E-state index in [9.17, 15) is 10.2 Å². The Morgan fingerprint density at radius 3 is 2.27 bits per heavy atom. The number of aromatic hydroxyl groups is 2. The number of phenols is 2. The van der Waals surface area contributed by atoms with Gasteiger partial charge in [0.2, 0.25) is 0 Å². The van der Waals surface area contributed by atoms with E-state index in [-0.39, 0.29) is 11.5 Å². The second-order valence-corrected chi connectivity index (χ2v) is 11.0. The van der Waals surface area contributed by atoms with Crippen LogP contribution in [0.1, 0.15) is 0 Å². The van der Waals surface area contributed by atoms with Crippen molar-refractivity contribution in [2.75, 3.05) is 0 Å². The summed E-state index contributed by atoms with van der Waals surface area (Å²) in [5, 5.41) is 19.0. The van der Waals surface area contributed by atoms with Crippen molar-refractivity contribution in [2.45, 2.75) is 0 Å². The molecule has 0 spiro atoms. The predicted molar refractivity (Wildman–Crippen MR) is 55.5 cm³/mol. The minimum absolute atomic E-state index is 0.0107. The molecule has 72 valence electrons. The van der Waals surface area contributed by atoms with E-state index >= 15 is 0 Å². The molecule has 15 heavy (non-hydrogen) atoms. The molecule has 2 nitrogen and oxygen atoms in total. The summed E-state index contributed by atoms with van der Waals surface area (Å²) >= 11 is -1.49. The maximum atomic E-state index is 9.66. The zero-order chi connectivity index (χ0) is 10.7. The first-order chi connectivity index (χ1) is 7.27. The topological polar surface area (TPSA) is 40.5 Å². The van der Waals surface area contributed by atoms with Gasteiger partial charge in [0, 0.05) is 0 Å². The molecule has 2 rings (SSSR count). The van der Waals surface area contributed by atoms with Gasteiger partial charge >= 0.3 is 101 Å². The van der Waals surface area contributed by atoms with Crippen LogP contribution >= 0.6 is 0 Å². The van der Waals surface area contributed by atoms with Crippen molar-refractivity contribution < 1.29 is 34.8 Å². The third kappa shape index (κ3) is 2.51. The van der Waals surface area contributed by atoms with Crippen LogP contribution in [0.3, 0.4) is 0 Å². The number of hydrogen-bond donors (Lipinski definition) is 2. The monoisotopic (exact) mass is 388 g/mol.